The molecule has 1 aromatic carbocycles. The summed E-state index contributed by atoms with van der Waals surface area (Å²) in [5.41, 5.74) is -0.124. The Morgan fingerprint density at radius 1 is 1.35 bits per heavy atom. The van der Waals surface area contributed by atoms with E-state index in [2.05, 4.69) is 10.1 Å². The fraction of sp³-hybridized carbons (Fsp3) is 0.438. The summed E-state index contributed by atoms with van der Waals surface area (Å²) in [5, 5.41) is 3.88. The zero-order chi connectivity index (χ0) is 16.4. The van der Waals surface area contributed by atoms with Gasteiger partial charge in [0.05, 0.1) is 6.54 Å². The minimum Gasteiger partial charge on any atom is -0.337 e. The van der Waals surface area contributed by atoms with E-state index in [1.807, 2.05) is 6.92 Å². The Balaban J connectivity index is 1.85. The van der Waals surface area contributed by atoms with Crippen LogP contribution in [0.4, 0.5) is 8.78 Å². The SMILES string of the molecule is CCCc1noc(C2CCC(=O)N2Cc2c(F)cccc2F)n1. The quantitative estimate of drug-likeness (QED) is 0.849. The van der Waals surface area contributed by atoms with Crippen LogP contribution in [0.1, 0.15) is 49.5 Å². The van der Waals surface area contributed by atoms with Crippen LogP contribution in [0.3, 0.4) is 0 Å². The molecule has 2 heterocycles. The van der Waals surface area contributed by atoms with E-state index in [1.54, 1.807) is 0 Å². The molecule has 0 N–H and O–H groups in total. The molecule has 1 saturated heterocycles. The Labute approximate surface area is 132 Å². The number of carbonyl (C=O) groups is 1. The van der Waals surface area contributed by atoms with Crippen LogP contribution in [0.15, 0.2) is 22.7 Å². The molecule has 0 bridgehead atoms. The van der Waals surface area contributed by atoms with Gasteiger partial charge >= 0.3 is 0 Å². The third kappa shape index (κ3) is 3.09. The molecule has 1 fully saturated rings. The minimum atomic E-state index is -0.666. The lowest BCUT2D eigenvalue weighted by molar-refractivity contribution is -0.130. The highest BCUT2D eigenvalue weighted by atomic mass is 19.1. The fourth-order valence-electron chi connectivity index (χ4n) is 2.77. The van der Waals surface area contributed by atoms with Gasteiger partial charge in [0, 0.05) is 18.4 Å². The number of carbonyl (C=O) groups excluding carboxylic acids is 1. The molecular formula is C16H17F2N3O2. The lowest BCUT2D eigenvalue weighted by atomic mass is 10.1. The van der Waals surface area contributed by atoms with Gasteiger partial charge in [-0.3, -0.25) is 4.79 Å². The van der Waals surface area contributed by atoms with Gasteiger partial charge in [0.1, 0.15) is 17.7 Å². The number of nitrogens with zero attached hydrogens (tertiary/aromatic N) is 3. The molecule has 0 saturated carbocycles. The van der Waals surface area contributed by atoms with Crippen molar-refractivity contribution >= 4 is 5.91 Å². The van der Waals surface area contributed by atoms with Gasteiger partial charge < -0.3 is 9.42 Å². The van der Waals surface area contributed by atoms with Gasteiger partial charge in [-0.2, -0.15) is 4.98 Å². The smallest absolute Gasteiger partial charge is 0.249 e. The van der Waals surface area contributed by atoms with Crippen molar-refractivity contribution in [2.24, 2.45) is 0 Å². The van der Waals surface area contributed by atoms with Crippen LogP contribution in [0.2, 0.25) is 0 Å². The summed E-state index contributed by atoms with van der Waals surface area (Å²) < 4.78 is 32.9. The molecule has 5 nitrogen and oxygen atoms in total. The van der Waals surface area contributed by atoms with E-state index in [9.17, 15) is 13.6 Å². The predicted molar refractivity (Wildman–Crippen MR) is 77.2 cm³/mol. The van der Waals surface area contributed by atoms with Crippen molar-refractivity contribution in [2.45, 2.75) is 45.2 Å². The summed E-state index contributed by atoms with van der Waals surface area (Å²) in [4.78, 5) is 17.8. The molecule has 0 aliphatic carbocycles. The van der Waals surface area contributed by atoms with E-state index >= 15 is 0 Å². The lowest BCUT2D eigenvalue weighted by Gasteiger charge is -2.22. The van der Waals surface area contributed by atoms with Gasteiger partial charge in [-0.25, -0.2) is 8.78 Å². The summed E-state index contributed by atoms with van der Waals surface area (Å²) >= 11 is 0. The molecule has 122 valence electrons. The van der Waals surface area contributed by atoms with Gasteiger partial charge in [0.15, 0.2) is 5.82 Å². The summed E-state index contributed by atoms with van der Waals surface area (Å²) in [5.74, 6) is -0.593. The van der Waals surface area contributed by atoms with Gasteiger partial charge in [0.25, 0.3) is 0 Å². The highest BCUT2D eigenvalue weighted by Crippen LogP contribution is 2.34. The molecule has 1 aliphatic heterocycles. The molecule has 0 spiro atoms. The van der Waals surface area contributed by atoms with Crippen LogP contribution in [0.5, 0.6) is 0 Å². The Kier molecular flexibility index (Phi) is 4.36. The van der Waals surface area contributed by atoms with Crippen molar-refractivity contribution in [3.05, 3.63) is 47.1 Å². The fourth-order valence-corrected chi connectivity index (χ4v) is 2.77. The molecule has 1 aromatic heterocycles. The van der Waals surface area contributed by atoms with Gasteiger partial charge in [-0.15, -0.1) is 0 Å². The average Bonchev–Trinajstić information content (AvgIpc) is 3.11. The summed E-state index contributed by atoms with van der Waals surface area (Å²) in [6.45, 7) is 1.86. The van der Waals surface area contributed by atoms with E-state index in [1.165, 1.54) is 23.1 Å². The van der Waals surface area contributed by atoms with Crippen LogP contribution >= 0.6 is 0 Å². The number of amides is 1. The first-order valence-electron chi connectivity index (χ1n) is 7.65. The Morgan fingerprint density at radius 3 is 2.78 bits per heavy atom. The van der Waals surface area contributed by atoms with E-state index in [-0.39, 0.29) is 18.0 Å². The second-order valence-corrected chi connectivity index (χ2v) is 5.58. The number of halogens is 2. The van der Waals surface area contributed by atoms with Crippen molar-refractivity contribution in [1.82, 2.24) is 15.0 Å². The third-order valence-electron chi connectivity index (χ3n) is 3.96. The van der Waals surface area contributed by atoms with Crippen molar-refractivity contribution in [3.8, 4) is 0 Å². The second kappa shape index (κ2) is 6.44. The first-order chi connectivity index (χ1) is 11.1. The normalized spacial score (nSPS) is 18.0. The maximum Gasteiger partial charge on any atom is 0.249 e. The summed E-state index contributed by atoms with van der Waals surface area (Å²) in [6, 6.07) is 3.23. The molecule has 0 radical (unpaired) electrons. The highest BCUT2D eigenvalue weighted by Gasteiger charge is 2.36. The van der Waals surface area contributed by atoms with E-state index in [0.29, 0.717) is 31.0 Å². The molecule has 1 amide bonds. The number of likely N-dealkylation sites (tertiary alicyclic amines) is 1. The first-order valence-corrected chi connectivity index (χ1v) is 7.65. The van der Waals surface area contributed by atoms with Gasteiger partial charge in [-0.05, 0) is 25.0 Å². The van der Waals surface area contributed by atoms with Crippen LogP contribution in [-0.2, 0) is 17.8 Å². The Bertz CT molecular complexity index is 697. The monoisotopic (exact) mass is 321 g/mol. The molecule has 2 aromatic rings. The maximum absolute atomic E-state index is 13.8. The van der Waals surface area contributed by atoms with Crippen molar-refractivity contribution in [3.63, 3.8) is 0 Å². The lowest BCUT2D eigenvalue weighted by Crippen LogP contribution is -2.28. The van der Waals surface area contributed by atoms with Crippen LogP contribution < -0.4 is 0 Å². The maximum atomic E-state index is 13.8. The van der Waals surface area contributed by atoms with Crippen molar-refractivity contribution < 1.29 is 18.1 Å². The zero-order valence-corrected chi connectivity index (χ0v) is 12.8. The van der Waals surface area contributed by atoms with Crippen LogP contribution in [0, 0.1) is 11.6 Å². The standard InChI is InChI=1S/C16H17F2N3O2/c1-2-4-14-19-16(23-20-14)13-7-8-15(22)21(13)9-10-11(17)5-3-6-12(10)18/h3,5-6,13H,2,4,7-9H2,1H3. The first kappa shape index (κ1) is 15.6. The number of aromatic nitrogens is 2. The molecule has 7 heteroatoms. The molecular weight excluding hydrogens is 304 g/mol. The predicted octanol–water partition coefficient (Wildman–Crippen LogP) is 3.16. The van der Waals surface area contributed by atoms with Crippen LogP contribution in [-0.4, -0.2) is 20.9 Å². The number of aryl methyl sites for hydroxylation is 1. The largest absolute Gasteiger partial charge is 0.337 e. The van der Waals surface area contributed by atoms with Crippen molar-refractivity contribution in [1.29, 1.82) is 0 Å². The number of hydrogen-bond acceptors (Lipinski definition) is 4. The van der Waals surface area contributed by atoms with Gasteiger partial charge in [0.2, 0.25) is 11.8 Å². The van der Waals surface area contributed by atoms with E-state index < -0.39 is 17.7 Å². The number of benzene rings is 1. The van der Waals surface area contributed by atoms with Crippen LogP contribution in [0.25, 0.3) is 0 Å². The summed E-state index contributed by atoms with van der Waals surface area (Å²) in [6.07, 6.45) is 2.37. The minimum absolute atomic E-state index is 0.124. The Morgan fingerprint density at radius 2 is 2.09 bits per heavy atom. The number of hydrogen-bond donors (Lipinski definition) is 0. The molecule has 1 aliphatic rings. The van der Waals surface area contributed by atoms with Crippen molar-refractivity contribution in [2.75, 3.05) is 0 Å². The highest BCUT2D eigenvalue weighted by molar-refractivity contribution is 5.78. The number of rotatable bonds is 5. The summed E-state index contributed by atoms with van der Waals surface area (Å²) in [7, 11) is 0. The topological polar surface area (TPSA) is 59.2 Å². The van der Waals surface area contributed by atoms with Gasteiger partial charge in [-0.1, -0.05) is 18.1 Å². The Hall–Kier alpha value is -2.31. The van der Waals surface area contributed by atoms with E-state index in [0.717, 1.165) is 6.42 Å². The molecule has 3 rings (SSSR count). The average molecular weight is 321 g/mol. The third-order valence-corrected chi connectivity index (χ3v) is 3.96. The molecule has 23 heavy (non-hydrogen) atoms. The second-order valence-electron chi connectivity index (χ2n) is 5.58. The zero-order valence-electron chi connectivity index (χ0n) is 12.8. The molecule has 1 atom stereocenters. The molecule has 1 unspecified atom stereocenters. The van der Waals surface area contributed by atoms with E-state index in [4.69, 9.17) is 4.52 Å².